The fourth-order valence-corrected chi connectivity index (χ4v) is 6.51. The summed E-state index contributed by atoms with van der Waals surface area (Å²) in [6.45, 7) is 17.0. The number of hydrogen-bond acceptors (Lipinski definition) is 6. The average molecular weight is 607 g/mol. The Balaban J connectivity index is 2.25. The first-order chi connectivity index (χ1) is 20.0. The highest BCUT2D eigenvalue weighted by molar-refractivity contribution is 5.96. The number of carbonyl (C=O) groups excluding carboxylic acids is 5. The molecule has 2 rings (SSSR count). The molecule has 2 saturated heterocycles. The van der Waals surface area contributed by atoms with Gasteiger partial charge in [-0.1, -0.05) is 55.4 Å². The monoisotopic (exact) mass is 606 g/mol. The number of nitrogens with zero attached hydrogens (tertiary/aromatic N) is 4. The summed E-state index contributed by atoms with van der Waals surface area (Å²) in [5, 5.41) is 5.92. The van der Waals surface area contributed by atoms with Gasteiger partial charge in [-0.25, -0.2) is 0 Å². The Morgan fingerprint density at radius 2 is 1.28 bits per heavy atom. The fraction of sp³-hybridized carbons (Fsp3) is 0.844. The number of carbonyl (C=O) groups is 5. The molecule has 11 heteroatoms. The van der Waals surface area contributed by atoms with E-state index in [0.29, 0.717) is 44.8 Å². The Hall–Kier alpha value is -2.69. The predicted molar refractivity (Wildman–Crippen MR) is 168 cm³/mol. The molecule has 0 spiro atoms. The highest BCUT2D eigenvalue weighted by atomic mass is 16.2. The molecule has 0 aliphatic carbocycles. The summed E-state index contributed by atoms with van der Waals surface area (Å²) in [5.74, 6) is -1.25. The van der Waals surface area contributed by atoms with E-state index < -0.39 is 30.2 Å². The molecule has 43 heavy (non-hydrogen) atoms. The zero-order valence-corrected chi connectivity index (χ0v) is 28.5. The van der Waals surface area contributed by atoms with Crippen molar-refractivity contribution >= 4 is 29.5 Å². The SMILES string of the molecule is CC(C)CNC(=O)[C@@H]1CCCN1C(=O)[C@@H]1CCCN1C(=O)[C@H](C(C)C)N(C)C(=O)[C@@H](NC(=O)[C@H](C(C)C)N(C)C)C(C)C. The lowest BCUT2D eigenvalue weighted by molar-refractivity contribution is -0.153. The summed E-state index contributed by atoms with van der Waals surface area (Å²) in [7, 11) is 5.29. The smallest absolute Gasteiger partial charge is 0.246 e. The minimum absolute atomic E-state index is 0.0433. The normalized spacial score (nSPS) is 21.1. The third-order valence-electron chi connectivity index (χ3n) is 8.68. The lowest BCUT2D eigenvalue weighted by atomic mass is 9.96. The van der Waals surface area contributed by atoms with Crippen molar-refractivity contribution < 1.29 is 24.0 Å². The van der Waals surface area contributed by atoms with Crippen LogP contribution in [0, 0.1) is 23.7 Å². The van der Waals surface area contributed by atoms with Crippen LogP contribution < -0.4 is 10.6 Å². The van der Waals surface area contributed by atoms with Gasteiger partial charge in [-0.3, -0.25) is 28.9 Å². The first-order valence-corrected chi connectivity index (χ1v) is 16.1. The van der Waals surface area contributed by atoms with Crippen molar-refractivity contribution in [3.05, 3.63) is 0 Å². The zero-order valence-electron chi connectivity index (χ0n) is 28.5. The van der Waals surface area contributed by atoms with Gasteiger partial charge < -0.3 is 25.3 Å². The summed E-state index contributed by atoms with van der Waals surface area (Å²) in [6, 6.07) is -3.21. The molecule has 246 valence electrons. The van der Waals surface area contributed by atoms with Crippen molar-refractivity contribution in [2.24, 2.45) is 23.7 Å². The second-order valence-electron chi connectivity index (χ2n) is 14.0. The van der Waals surface area contributed by atoms with Crippen molar-refractivity contribution in [2.45, 2.75) is 111 Å². The van der Waals surface area contributed by atoms with Gasteiger partial charge in [0.05, 0.1) is 6.04 Å². The van der Waals surface area contributed by atoms with E-state index in [0.717, 1.165) is 6.42 Å². The Labute approximate surface area is 259 Å². The summed E-state index contributed by atoms with van der Waals surface area (Å²) in [6.07, 6.45) is 2.55. The van der Waals surface area contributed by atoms with Gasteiger partial charge >= 0.3 is 0 Å². The van der Waals surface area contributed by atoms with Gasteiger partial charge in [-0.05, 0) is 63.5 Å². The third-order valence-corrected chi connectivity index (χ3v) is 8.68. The molecule has 2 aliphatic rings. The third kappa shape index (κ3) is 8.92. The Morgan fingerprint density at radius 3 is 1.77 bits per heavy atom. The minimum Gasteiger partial charge on any atom is -0.354 e. The van der Waals surface area contributed by atoms with E-state index in [1.54, 1.807) is 16.8 Å². The summed E-state index contributed by atoms with van der Waals surface area (Å²) < 4.78 is 0. The van der Waals surface area contributed by atoms with E-state index in [-0.39, 0.29) is 47.3 Å². The van der Waals surface area contributed by atoms with Crippen LogP contribution in [0.2, 0.25) is 0 Å². The molecular formula is C32H58N6O5. The Bertz CT molecular complexity index is 989. The maximum absolute atomic E-state index is 14.1. The molecule has 0 aromatic carbocycles. The van der Waals surface area contributed by atoms with Crippen LogP contribution in [0.4, 0.5) is 0 Å². The number of nitrogens with one attached hydrogen (secondary N) is 2. The molecule has 0 saturated carbocycles. The van der Waals surface area contributed by atoms with E-state index in [4.69, 9.17) is 0 Å². The minimum atomic E-state index is -0.808. The van der Waals surface area contributed by atoms with Crippen molar-refractivity contribution in [1.82, 2.24) is 30.2 Å². The molecule has 2 aliphatic heterocycles. The molecule has 0 aromatic heterocycles. The summed E-state index contributed by atoms with van der Waals surface area (Å²) in [5.41, 5.74) is 0. The average Bonchev–Trinajstić information content (AvgIpc) is 3.59. The Kier molecular flexibility index (Phi) is 13.5. The largest absolute Gasteiger partial charge is 0.354 e. The molecule has 2 fully saturated rings. The molecule has 0 bridgehead atoms. The second-order valence-corrected chi connectivity index (χ2v) is 14.0. The summed E-state index contributed by atoms with van der Waals surface area (Å²) in [4.78, 5) is 74.6. The van der Waals surface area contributed by atoms with Crippen LogP contribution in [0.1, 0.15) is 81.1 Å². The topological polar surface area (TPSA) is 122 Å². The van der Waals surface area contributed by atoms with Crippen LogP contribution in [0.25, 0.3) is 0 Å². The van der Waals surface area contributed by atoms with E-state index >= 15 is 0 Å². The van der Waals surface area contributed by atoms with Crippen LogP contribution in [-0.2, 0) is 24.0 Å². The molecule has 2 heterocycles. The molecule has 5 amide bonds. The van der Waals surface area contributed by atoms with Crippen molar-refractivity contribution in [3.8, 4) is 0 Å². The Morgan fingerprint density at radius 1 is 0.744 bits per heavy atom. The molecular weight excluding hydrogens is 548 g/mol. The number of hydrogen-bond donors (Lipinski definition) is 2. The van der Waals surface area contributed by atoms with Crippen molar-refractivity contribution in [2.75, 3.05) is 40.8 Å². The van der Waals surface area contributed by atoms with Gasteiger partial charge in [0.2, 0.25) is 29.5 Å². The molecule has 2 N–H and O–H groups in total. The molecule has 0 aromatic rings. The van der Waals surface area contributed by atoms with Crippen LogP contribution in [0.15, 0.2) is 0 Å². The van der Waals surface area contributed by atoms with Crippen molar-refractivity contribution in [1.29, 1.82) is 0 Å². The van der Waals surface area contributed by atoms with Crippen LogP contribution in [-0.4, -0.2) is 120 Å². The predicted octanol–water partition coefficient (Wildman–Crippen LogP) is 1.95. The van der Waals surface area contributed by atoms with Crippen LogP contribution in [0.5, 0.6) is 0 Å². The van der Waals surface area contributed by atoms with E-state index in [2.05, 4.69) is 10.6 Å². The first-order valence-electron chi connectivity index (χ1n) is 16.1. The van der Waals surface area contributed by atoms with E-state index in [1.165, 1.54) is 4.90 Å². The quantitative estimate of drug-likeness (QED) is 0.331. The second kappa shape index (κ2) is 15.9. The first kappa shape index (κ1) is 36.5. The van der Waals surface area contributed by atoms with E-state index in [1.807, 2.05) is 74.4 Å². The van der Waals surface area contributed by atoms with Crippen LogP contribution >= 0.6 is 0 Å². The van der Waals surface area contributed by atoms with Gasteiger partial charge in [-0.2, -0.15) is 0 Å². The van der Waals surface area contributed by atoms with Crippen LogP contribution in [0.3, 0.4) is 0 Å². The van der Waals surface area contributed by atoms with Gasteiger partial charge in [0, 0.05) is 26.7 Å². The van der Waals surface area contributed by atoms with Gasteiger partial charge in [0.25, 0.3) is 0 Å². The van der Waals surface area contributed by atoms with E-state index in [9.17, 15) is 24.0 Å². The number of amides is 5. The molecule has 0 unspecified atom stereocenters. The molecule has 5 atom stereocenters. The number of rotatable bonds is 13. The molecule has 0 radical (unpaired) electrons. The maximum atomic E-state index is 14.1. The fourth-order valence-electron chi connectivity index (χ4n) is 6.51. The standard InChI is InChI=1S/C32H58N6O5/c1-19(2)18-33-28(39)23-14-12-16-37(23)30(41)24-15-13-17-38(24)32(43)27(22(7)8)36(11)31(42)25(20(3)4)34-29(40)26(21(5)6)35(9)10/h19-27H,12-18H2,1-11H3,(H,33,39)(H,34,40)/t23-,24-,25-,26-,27-/m0/s1. The number of likely N-dealkylation sites (N-methyl/N-ethyl adjacent to an activating group) is 2. The maximum Gasteiger partial charge on any atom is 0.246 e. The lowest BCUT2D eigenvalue weighted by Gasteiger charge is -2.38. The van der Waals surface area contributed by atoms with Crippen molar-refractivity contribution in [3.63, 3.8) is 0 Å². The zero-order chi connectivity index (χ0) is 32.8. The lowest BCUT2D eigenvalue weighted by Crippen LogP contribution is -2.61. The molecule has 11 nitrogen and oxygen atoms in total. The number of likely N-dealkylation sites (tertiary alicyclic amines) is 2. The van der Waals surface area contributed by atoms with Gasteiger partial charge in [-0.15, -0.1) is 0 Å². The highest BCUT2D eigenvalue weighted by Gasteiger charge is 2.45. The summed E-state index contributed by atoms with van der Waals surface area (Å²) >= 11 is 0. The van der Waals surface area contributed by atoms with Gasteiger partial charge in [0.15, 0.2) is 0 Å². The highest BCUT2D eigenvalue weighted by Crippen LogP contribution is 2.27. The van der Waals surface area contributed by atoms with Gasteiger partial charge in [0.1, 0.15) is 24.2 Å².